The van der Waals surface area contributed by atoms with E-state index in [0.29, 0.717) is 43.6 Å². The van der Waals surface area contributed by atoms with Crippen LogP contribution in [0.1, 0.15) is 5.56 Å². The predicted molar refractivity (Wildman–Crippen MR) is 125 cm³/mol. The van der Waals surface area contributed by atoms with E-state index in [2.05, 4.69) is 20.3 Å². The number of thiazole rings is 1. The van der Waals surface area contributed by atoms with Crippen molar-refractivity contribution >= 4 is 49.2 Å². The van der Waals surface area contributed by atoms with E-state index in [1.807, 2.05) is 36.1 Å². The molecule has 0 bridgehead atoms. The molecule has 0 amide bonds. The Morgan fingerprint density at radius 3 is 2.53 bits per heavy atom. The van der Waals surface area contributed by atoms with Crippen LogP contribution >= 0.6 is 11.3 Å². The molecule has 164 valence electrons. The zero-order valence-electron chi connectivity index (χ0n) is 17.3. The van der Waals surface area contributed by atoms with Gasteiger partial charge in [0.05, 0.1) is 5.51 Å². The lowest BCUT2D eigenvalue weighted by Gasteiger charge is -2.34. The summed E-state index contributed by atoms with van der Waals surface area (Å²) in [5, 5.41) is 3.37. The Bertz CT molecular complexity index is 1330. The summed E-state index contributed by atoms with van der Waals surface area (Å²) in [6.45, 7) is 3.70. The molecular formula is C21H21N7O2S2. The van der Waals surface area contributed by atoms with Crippen LogP contribution in [0.3, 0.4) is 0 Å². The van der Waals surface area contributed by atoms with Gasteiger partial charge in [-0.3, -0.25) is 4.98 Å². The summed E-state index contributed by atoms with van der Waals surface area (Å²) in [7, 11) is -3.57. The molecule has 0 spiro atoms. The number of rotatable bonds is 5. The monoisotopic (exact) mass is 467 g/mol. The molecular weight excluding hydrogens is 446 g/mol. The van der Waals surface area contributed by atoms with Gasteiger partial charge in [0.25, 0.3) is 0 Å². The lowest BCUT2D eigenvalue weighted by Crippen LogP contribution is -2.49. The summed E-state index contributed by atoms with van der Waals surface area (Å²) in [5.74, 6) is 1.23. The van der Waals surface area contributed by atoms with E-state index in [9.17, 15) is 8.42 Å². The predicted octanol–water partition coefficient (Wildman–Crippen LogP) is 3.04. The van der Waals surface area contributed by atoms with Gasteiger partial charge in [0, 0.05) is 44.3 Å². The molecule has 9 nitrogen and oxygen atoms in total. The minimum absolute atomic E-state index is 0.207. The van der Waals surface area contributed by atoms with Crippen LogP contribution in [-0.4, -0.2) is 58.8 Å². The highest BCUT2D eigenvalue weighted by atomic mass is 32.2. The average Bonchev–Trinajstić information content (AvgIpc) is 3.30. The molecule has 5 rings (SSSR count). The minimum Gasteiger partial charge on any atom is -0.339 e. The second kappa shape index (κ2) is 8.41. The van der Waals surface area contributed by atoms with E-state index < -0.39 is 10.0 Å². The van der Waals surface area contributed by atoms with Crippen LogP contribution in [-0.2, 0) is 10.0 Å². The number of anilines is 3. The van der Waals surface area contributed by atoms with Crippen LogP contribution in [0.4, 0.5) is 17.5 Å². The van der Waals surface area contributed by atoms with Gasteiger partial charge < -0.3 is 10.2 Å². The largest absolute Gasteiger partial charge is 0.339 e. The van der Waals surface area contributed by atoms with Gasteiger partial charge in [0.15, 0.2) is 11.5 Å². The fraction of sp³-hybridized carbons (Fsp3) is 0.238. The first kappa shape index (κ1) is 20.7. The molecule has 1 saturated heterocycles. The third kappa shape index (κ3) is 4.01. The normalized spacial score (nSPS) is 15.2. The Balaban J connectivity index is 1.37. The average molecular weight is 468 g/mol. The molecule has 1 aliphatic heterocycles. The number of hydrogen-bond acceptors (Lipinski definition) is 9. The Hall–Kier alpha value is -3.15. The van der Waals surface area contributed by atoms with Crippen LogP contribution in [0.15, 0.2) is 59.2 Å². The van der Waals surface area contributed by atoms with Crippen LogP contribution in [0, 0.1) is 6.92 Å². The number of piperazine rings is 1. The van der Waals surface area contributed by atoms with Gasteiger partial charge in [-0.2, -0.15) is 14.3 Å². The van der Waals surface area contributed by atoms with Crippen LogP contribution < -0.4 is 10.2 Å². The highest BCUT2D eigenvalue weighted by molar-refractivity contribution is 7.89. The lowest BCUT2D eigenvalue weighted by atomic mass is 10.2. The molecule has 1 fully saturated rings. The van der Waals surface area contributed by atoms with E-state index in [0.717, 1.165) is 10.4 Å². The molecule has 11 heteroatoms. The van der Waals surface area contributed by atoms with E-state index in [4.69, 9.17) is 4.98 Å². The van der Waals surface area contributed by atoms with Gasteiger partial charge in [0.1, 0.15) is 9.60 Å². The van der Waals surface area contributed by atoms with Gasteiger partial charge in [-0.15, -0.1) is 11.3 Å². The molecule has 32 heavy (non-hydrogen) atoms. The first-order valence-corrected chi connectivity index (χ1v) is 12.4. The van der Waals surface area contributed by atoms with Crippen LogP contribution in [0.2, 0.25) is 0 Å². The molecule has 3 aromatic heterocycles. The smallest absolute Gasteiger partial charge is 0.244 e. The molecule has 1 N–H and O–H groups in total. The quantitative estimate of drug-likeness (QED) is 0.478. The Morgan fingerprint density at radius 2 is 1.81 bits per heavy atom. The highest BCUT2D eigenvalue weighted by Crippen LogP contribution is 2.29. The van der Waals surface area contributed by atoms with Crippen molar-refractivity contribution < 1.29 is 8.42 Å². The molecule has 0 radical (unpaired) electrons. The number of nitrogens with one attached hydrogen (secondary N) is 1. The summed E-state index contributed by atoms with van der Waals surface area (Å²) in [6.07, 6.45) is 2.94. The summed E-state index contributed by atoms with van der Waals surface area (Å²) in [5.41, 5.74) is 4.49. The maximum Gasteiger partial charge on any atom is 0.244 e. The first-order chi connectivity index (χ1) is 15.5. The molecule has 0 unspecified atom stereocenters. The number of sulfonamides is 1. The van der Waals surface area contributed by atoms with E-state index >= 15 is 0 Å². The minimum atomic E-state index is -3.57. The van der Waals surface area contributed by atoms with Gasteiger partial charge in [-0.05, 0) is 31.2 Å². The van der Waals surface area contributed by atoms with Gasteiger partial charge >= 0.3 is 0 Å². The molecule has 0 saturated carbocycles. The Kier molecular flexibility index (Phi) is 5.45. The van der Waals surface area contributed by atoms with Gasteiger partial charge in [0.2, 0.25) is 16.0 Å². The molecule has 4 aromatic rings. The van der Waals surface area contributed by atoms with Crippen LogP contribution in [0.5, 0.6) is 0 Å². The maximum atomic E-state index is 12.9. The number of benzene rings is 1. The molecule has 1 aliphatic rings. The van der Waals surface area contributed by atoms with E-state index in [1.165, 1.54) is 27.4 Å². The van der Waals surface area contributed by atoms with Crippen molar-refractivity contribution in [2.24, 2.45) is 0 Å². The lowest BCUT2D eigenvalue weighted by molar-refractivity contribution is 0.382. The van der Waals surface area contributed by atoms with Crippen LogP contribution in [0.25, 0.3) is 10.3 Å². The van der Waals surface area contributed by atoms with Gasteiger partial charge in [-0.25, -0.2) is 13.4 Å². The standard InChI is InChI=1S/C21H21N7O2S2/c1-15-4-6-16(7-5-15)24-20-18-19(23-14-31-18)25-21(26-20)27-9-11-28(12-10-27)32(29,30)17-3-2-8-22-13-17/h2-8,13-14H,9-12H2,1H3,(H,24,25,26). The summed E-state index contributed by atoms with van der Waals surface area (Å²) >= 11 is 1.48. The van der Waals surface area contributed by atoms with Crippen molar-refractivity contribution in [3.63, 3.8) is 0 Å². The second-order valence-corrected chi connectivity index (χ2v) is 10.2. The van der Waals surface area contributed by atoms with E-state index in [1.54, 1.807) is 23.8 Å². The zero-order valence-corrected chi connectivity index (χ0v) is 19.0. The van der Waals surface area contributed by atoms with E-state index in [-0.39, 0.29) is 4.90 Å². The highest BCUT2D eigenvalue weighted by Gasteiger charge is 2.30. The SMILES string of the molecule is Cc1ccc(Nc2nc(N3CCN(S(=O)(=O)c4cccnc4)CC3)nc3ncsc23)cc1. The summed E-state index contributed by atoms with van der Waals surface area (Å²) < 4.78 is 28.1. The van der Waals surface area contributed by atoms with Crippen molar-refractivity contribution in [3.05, 3.63) is 59.9 Å². The Morgan fingerprint density at radius 1 is 1.03 bits per heavy atom. The number of aryl methyl sites for hydroxylation is 1. The molecule has 1 aromatic carbocycles. The number of fused-ring (bicyclic) bond motifs is 1. The molecule has 4 heterocycles. The molecule has 0 aliphatic carbocycles. The maximum absolute atomic E-state index is 12.9. The number of nitrogens with zero attached hydrogens (tertiary/aromatic N) is 6. The number of hydrogen-bond donors (Lipinski definition) is 1. The van der Waals surface area contributed by atoms with Crippen molar-refractivity contribution in [2.75, 3.05) is 36.4 Å². The van der Waals surface area contributed by atoms with Crippen molar-refractivity contribution in [1.29, 1.82) is 0 Å². The van der Waals surface area contributed by atoms with Gasteiger partial charge in [-0.1, -0.05) is 17.7 Å². The zero-order chi connectivity index (χ0) is 22.1. The fourth-order valence-electron chi connectivity index (χ4n) is 3.53. The molecule has 0 atom stereocenters. The van der Waals surface area contributed by atoms with Crippen molar-refractivity contribution in [3.8, 4) is 0 Å². The first-order valence-electron chi connectivity index (χ1n) is 10.1. The summed E-state index contributed by atoms with van der Waals surface area (Å²) in [6, 6.07) is 11.3. The third-order valence-corrected chi connectivity index (χ3v) is 7.99. The second-order valence-electron chi connectivity index (χ2n) is 7.45. The topological polar surface area (TPSA) is 104 Å². The van der Waals surface area contributed by atoms with Crippen molar-refractivity contribution in [2.45, 2.75) is 11.8 Å². The number of pyridine rings is 1. The Labute approximate surface area is 189 Å². The van der Waals surface area contributed by atoms with Crippen molar-refractivity contribution in [1.82, 2.24) is 24.2 Å². The third-order valence-electron chi connectivity index (χ3n) is 5.29. The summed E-state index contributed by atoms with van der Waals surface area (Å²) in [4.78, 5) is 19.9. The fourth-order valence-corrected chi connectivity index (χ4v) is 5.59. The number of aromatic nitrogens is 4.